The van der Waals surface area contributed by atoms with Crippen molar-refractivity contribution >= 4 is 34.2 Å². The van der Waals surface area contributed by atoms with Gasteiger partial charge in [-0.25, -0.2) is 15.0 Å². The van der Waals surface area contributed by atoms with Crippen molar-refractivity contribution in [2.75, 3.05) is 6.61 Å². The van der Waals surface area contributed by atoms with Gasteiger partial charge in [0, 0.05) is 12.8 Å². The van der Waals surface area contributed by atoms with Crippen molar-refractivity contribution in [1.29, 1.82) is 0 Å². The molecule has 0 aliphatic heterocycles. The number of nitrogens with zero attached hydrogens (tertiary/aromatic N) is 4. The van der Waals surface area contributed by atoms with Gasteiger partial charge in [-0.05, 0) is 30.2 Å². The molecule has 3 heterocycles. The Morgan fingerprint density at radius 1 is 1.08 bits per heavy atom. The highest BCUT2D eigenvalue weighted by Gasteiger charge is 2.12. The van der Waals surface area contributed by atoms with Crippen molar-refractivity contribution in [2.45, 2.75) is 20.5 Å². The topological polar surface area (TPSA) is 60.8 Å². The van der Waals surface area contributed by atoms with E-state index in [9.17, 15) is 0 Å². The summed E-state index contributed by atoms with van der Waals surface area (Å²) in [7, 11) is 0. The first-order valence-corrected chi connectivity index (χ1v) is 8.32. The standard InChI is InChI=1S/C17H16Cl2N4O/c1-10(2)8-24-9-14-22-16(19)11-5-6-13(21-17(11)23-14)15-12(18)4-3-7-20-15/h3-7,10H,8-9H2,1-2H3. The number of halogens is 2. The van der Waals surface area contributed by atoms with Crippen LogP contribution in [0.15, 0.2) is 30.5 Å². The second-order valence-electron chi connectivity index (χ2n) is 5.74. The number of ether oxygens (including phenoxy) is 1. The summed E-state index contributed by atoms with van der Waals surface area (Å²) in [4.78, 5) is 17.5. The van der Waals surface area contributed by atoms with E-state index >= 15 is 0 Å². The third-order valence-electron chi connectivity index (χ3n) is 3.24. The number of hydrogen-bond acceptors (Lipinski definition) is 5. The average molecular weight is 363 g/mol. The van der Waals surface area contributed by atoms with Crippen molar-refractivity contribution in [1.82, 2.24) is 19.9 Å². The fourth-order valence-electron chi connectivity index (χ4n) is 2.17. The predicted octanol–water partition coefficient (Wildman–Crippen LogP) is 4.57. The Morgan fingerprint density at radius 3 is 2.67 bits per heavy atom. The van der Waals surface area contributed by atoms with Crippen LogP contribution < -0.4 is 0 Å². The first-order chi connectivity index (χ1) is 11.5. The molecule has 0 bridgehead atoms. The van der Waals surface area contributed by atoms with E-state index in [1.807, 2.05) is 6.07 Å². The van der Waals surface area contributed by atoms with Gasteiger partial charge in [-0.2, -0.15) is 0 Å². The van der Waals surface area contributed by atoms with E-state index < -0.39 is 0 Å². The van der Waals surface area contributed by atoms with E-state index in [0.717, 1.165) is 0 Å². The van der Waals surface area contributed by atoms with E-state index in [2.05, 4.69) is 33.8 Å². The van der Waals surface area contributed by atoms with E-state index in [1.54, 1.807) is 24.4 Å². The molecule has 3 aromatic rings. The van der Waals surface area contributed by atoms with Gasteiger partial charge in [0.1, 0.15) is 17.5 Å². The summed E-state index contributed by atoms with van der Waals surface area (Å²) in [6.45, 7) is 5.09. The van der Waals surface area contributed by atoms with Gasteiger partial charge < -0.3 is 4.74 Å². The van der Waals surface area contributed by atoms with Crippen LogP contribution in [-0.4, -0.2) is 26.5 Å². The van der Waals surface area contributed by atoms with Gasteiger partial charge in [0.15, 0.2) is 11.5 Å². The van der Waals surface area contributed by atoms with Gasteiger partial charge in [0.05, 0.1) is 16.1 Å². The quantitative estimate of drug-likeness (QED) is 0.622. The lowest BCUT2D eigenvalue weighted by Crippen LogP contribution is -2.05. The van der Waals surface area contributed by atoms with Crippen LogP contribution in [0.2, 0.25) is 10.2 Å². The normalized spacial score (nSPS) is 11.4. The zero-order chi connectivity index (χ0) is 17.1. The first kappa shape index (κ1) is 17.0. The SMILES string of the molecule is CC(C)COCc1nc(Cl)c2ccc(-c3ncccc3Cl)nc2n1. The maximum absolute atomic E-state index is 6.24. The second kappa shape index (κ2) is 7.38. The van der Waals surface area contributed by atoms with Crippen LogP contribution >= 0.6 is 23.2 Å². The maximum Gasteiger partial charge on any atom is 0.165 e. The molecule has 0 radical (unpaired) electrons. The molecule has 0 N–H and O–H groups in total. The molecule has 5 nitrogen and oxygen atoms in total. The summed E-state index contributed by atoms with van der Waals surface area (Å²) >= 11 is 12.4. The summed E-state index contributed by atoms with van der Waals surface area (Å²) in [6, 6.07) is 7.18. The molecule has 0 spiro atoms. The van der Waals surface area contributed by atoms with E-state index in [1.165, 1.54) is 0 Å². The number of hydrogen-bond donors (Lipinski definition) is 0. The van der Waals surface area contributed by atoms with Crippen LogP contribution in [0.1, 0.15) is 19.7 Å². The lowest BCUT2D eigenvalue weighted by molar-refractivity contribution is 0.0925. The fraction of sp³-hybridized carbons (Fsp3) is 0.294. The minimum atomic E-state index is 0.296. The molecule has 0 saturated carbocycles. The number of aromatic nitrogens is 4. The summed E-state index contributed by atoms with van der Waals surface area (Å²) in [5.74, 6) is 0.946. The lowest BCUT2D eigenvalue weighted by Gasteiger charge is -2.08. The highest BCUT2D eigenvalue weighted by atomic mass is 35.5. The molecular weight excluding hydrogens is 347 g/mol. The first-order valence-electron chi connectivity index (χ1n) is 7.56. The van der Waals surface area contributed by atoms with E-state index in [4.69, 9.17) is 27.9 Å². The van der Waals surface area contributed by atoms with Crippen LogP contribution in [0.3, 0.4) is 0 Å². The minimum absolute atomic E-state index is 0.296. The van der Waals surface area contributed by atoms with Crippen LogP contribution in [0.4, 0.5) is 0 Å². The summed E-state index contributed by atoms with van der Waals surface area (Å²) in [6.07, 6.45) is 1.67. The molecule has 0 fully saturated rings. The van der Waals surface area contributed by atoms with Gasteiger partial charge in [0.2, 0.25) is 0 Å². The van der Waals surface area contributed by atoms with Gasteiger partial charge in [-0.3, -0.25) is 4.98 Å². The third-order valence-corrected chi connectivity index (χ3v) is 3.84. The molecule has 0 aliphatic carbocycles. The summed E-state index contributed by atoms with van der Waals surface area (Å²) in [5.41, 5.74) is 1.74. The Balaban J connectivity index is 1.97. The Hall–Kier alpha value is -1.82. The molecule has 0 aliphatic rings. The van der Waals surface area contributed by atoms with Gasteiger partial charge in [-0.15, -0.1) is 0 Å². The van der Waals surface area contributed by atoms with Crippen molar-refractivity contribution in [3.63, 3.8) is 0 Å². The zero-order valence-electron chi connectivity index (χ0n) is 13.3. The maximum atomic E-state index is 6.24. The Labute approximate surface area is 150 Å². The smallest absolute Gasteiger partial charge is 0.165 e. The van der Waals surface area contributed by atoms with Gasteiger partial charge in [-0.1, -0.05) is 37.0 Å². The van der Waals surface area contributed by atoms with Gasteiger partial charge in [0.25, 0.3) is 0 Å². The molecule has 3 rings (SSSR count). The molecule has 3 aromatic heterocycles. The van der Waals surface area contributed by atoms with Crippen LogP contribution in [0.25, 0.3) is 22.4 Å². The predicted molar refractivity (Wildman–Crippen MR) is 95.1 cm³/mol. The van der Waals surface area contributed by atoms with E-state index in [0.29, 0.717) is 57.6 Å². The van der Waals surface area contributed by atoms with Crippen LogP contribution in [0.5, 0.6) is 0 Å². The largest absolute Gasteiger partial charge is 0.373 e. The van der Waals surface area contributed by atoms with Crippen molar-refractivity contribution in [3.8, 4) is 11.4 Å². The molecule has 0 atom stereocenters. The van der Waals surface area contributed by atoms with Crippen molar-refractivity contribution in [3.05, 3.63) is 46.5 Å². The molecule has 0 saturated heterocycles. The van der Waals surface area contributed by atoms with E-state index in [-0.39, 0.29) is 0 Å². The lowest BCUT2D eigenvalue weighted by atomic mass is 10.2. The second-order valence-corrected chi connectivity index (χ2v) is 6.51. The Morgan fingerprint density at radius 2 is 1.92 bits per heavy atom. The van der Waals surface area contributed by atoms with Gasteiger partial charge >= 0.3 is 0 Å². The van der Waals surface area contributed by atoms with Crippen molar-refractivity contribution < 1.29 is 4.74 Å². The number of fused-ring (bicyclic) bond motifs is 1. The minimum Gasteiger partial charge on any atom is -0.373 e. The molecule has 0 amide bonds. The third kappa shape index (κ3) is 3.80. The Bertz CT molecular complexity index is 870. The fourth-order valence-corrected chi connectivity index (χ4v) is 2.64. The van der Waals surface area contributed by atoms with Crippen molar-refractivity contribution in [2.24, 2.45) is 5.92 Å². The van der Waals surface area contributed by atoms with Crippen LogP contribution in [-0.2, 0) is 11.3 Å². The van der Waals surface area contributed by atoms with Crippen LogP contribution in [0, 0.1) is 5.92 Å². The molecule has 0 unspecified atom stereocenters. The molecule has 124 valence electrons. The molecule has 7 heteroatoms. The number of pyridine rings is 2. The molecule has 24 heavy (non-hydrogen) atoms. The molecular formula is C17H16Cl2N4O. The Kier molecular flexibility index (Phi) is 5.23. The summed E-state index contributed by atoms with van der Waals surface area (Å²) in [5, 5.41) is 1.57. The molecule has 0 aromatic carbocycles. The monoisotopic (exact) mass is 362 g/mol. The highest BCUT2D eigenvalue weighted by molar-refractivity contribution is 6.34. The summed E-state index contributed by atoms with van der Waals surface area (Å²) < 4.78 is 5.57. The number of rotatable bonds is 5. The zero-order valence-corrected chi connectivity index (χ0v) is 14.8. The highest BCUT2D eigenvalue weighted by Crippen LogP contribution is 2.27. The average Bonchev–Trinajstić information content (AvgIpc) is 2.54.